The summed E-state index contributed by atoms with van der Waals surface area (Å²) in [6.45, 7) is 1.91. The molecule has 0 aromatic carbocycles. The Hall–Kier alpha value is -1.76. The van der Waals surface area contributed by atoms with Gasteiger partial charge in [0.05, 0.1) is 17.8 Å². The quantitative estimate of drug-likeness (QED) is 0.908. The van der Waals surface area contributed by atoms with Gasteiger partial charge in [0.25, 0.3) is 0 Å². The Labute approximate surface area is 138 Å². The molecule has 0 amide bonds. The van der Waals surface area contributed by atoms with Gasteiger partial charge in [-0.2, -0.15) is 13.2 Å². The highest BCUT2D eigenvalue weighted by Crippen LogP contribution is 2.38. The molecule has 0 spiro atoms. The van der Waals surface area contributed by atoms with Gasteiger partial charge in [0.1, 0.15) is 0 Å². The Balaban J connectivity index is 1.91. The third-order valence-electron chi connectivity index (χ3n) is 4.92. The van der Waals surface area contributed by atoms with E-state index in [1.54, 1.807) is 16.1 Å². The molecule has 2 heterocycles. The number of hydrogen-bond acceptors (Lipinski definition) is 3. The average molecular weight is 341 g/mol. The maximum absolute atomic E-state index is 13.4. The summed E-state index contributed by atoms with van der Waals surface area (Å²) in [5, 5.41) is 3.30. The molecule has 1 aromatic rings. The van der Waals surface area contributed by atoms with Crippen molar-refractivity contribution in [2.45, 2.75) is 45.2 Å². The smallest absolute Gasteiger partial charge is 0.329 e. The summed E-state index contributed by atoms with van der Waals surface area (Å²) in [6, 6.07) is 2.98. The largest absolute Gasteiger partial charge is 0.415 e. The number of halogens is 3. The molecule has 4 nitrogen and oxygen atoms in total. The van der Waals surface area contributed by atoms with Gasteiger partial charge in [-0.05, 0) is 31.7 Å². The number of aromatic amines is 1. The molecule has 7 heteroatoms. The minimum Gasteiger partial charge on any atom is -0.329 e. The van der Waals surface area contributed by atoms with E-state index in [2.05, 4.69) is 4.98 Å². The number of nitrogens with zero attached hydrogens (tertiary/aromatic N) is 2. The minimum absolute atomic E-state index is 0.154. The molecule has 1 fully saturated rings. The predicted molar refractivity (Wildman–Crippen MR) is 86.4 cm³/mol. The number of H-pyrrole nitrogens is 1. The van der Waals surface area contributed by atoms with Gasteiger partial charge >= 0.3 is 6.18 Å². The lowest BCUT2D eigenvalue weighted by Crippen LogP contribution is -2.41. The van der Waals surface area contributed by atoms with Crippen LogP contribution in [-0.4, -0.2) is 29.3 Å². The van der Waals surface area contributed by atoms with Crippen LogP contribution in [0.1, 0.15) is 39.0 Å². The molecule has 0 saturated heterocycles. The van der Waals surface area contributed by atoms with Crippen LogP contribution in [0.2, 0.25) is 0 Å². The summed E-state index contributed by atoms with van der Waals surface area (Å²) in [4.78, 5) is 14.1. The van der Waals surface area contributed by atoms with Gasteiger partial charge in [0, 0.05) is 24.5 Å². The highest BCUT2D eigenvalue weighted by Gasteiger charge is 2.43. The second kappa shape index (κ2) is 6.63. The number of pyridine rings is 1. The van der Waals surface area contributed by atoms with Gasteiger partial charge in [-0.3, -0.25) is 9.80 Å². The zero-order chi connectivity index (χ0) is 17.3. The number of rotatable bonds is 3. The van der Waals surface area contributed by atoms with Crippen molar-refractivity contribution in [1.29, 1.82) is 0 Å². The Bertz CT molecular complexity index is 674. The van der Waals surface area contributed by atoms with Gasteiger partial charge in [-0.25, -0.2) is 5.01 Å². The molecule has 0 atom stereocenters. The number of allylic oxidation sites excluding steroid dienone is 1. The highest BCUT2D eigenvalue weighted by molar-refractivity contribution is 5.53. The zero-order valence-electron chi connectivity index (χ0n) is 13.7. The first kappa shape index (κ1) is 17.1. The van der Waals surface area contributed by atoms with E-state index in [4.69, 9.17) is 0 Å². The maximum Gasteiger partial charge on any atom is 0.415 e. The summed E-state index contributed by atoms with van der Waals surface area (Å²) in [7, 11) is 0. The Morgan fingerprint density at radius 3 is 2.58 bits per heavy atom. The fourth-order valence-corrected chi connectivity index (χ4v) is 3.74. The van der Waals surface area contributed by atoms with Crippen molar-refractivity contribution in [3.8, 4) is 0 Å². The number of hydrogen-bond donors (Lipinski definition) is 1. The molecular formula is C17H22F3N3O. The summed E-state index contributed by atoms with van der Waals surface area (Å²) in [6.07, 6.45) is 2.71. The average Bonchev–Trinajstić information content (AvgIpc) is 2.85. The summed E-state index contributed by atoms with van der Waals surface area (Å²) in [5.41, 5.74) is -0.216. The maximum atomic E-state index is 13.4. The van der Waals surface area contributed by atoms with Gasteiger partial charge in [-0.15, -0.1) is 0 Å². The molecule has 0 bridgehead atoms. The molecule has 1 N–H and O–H groups in total. The van der Waals surface area contributed by atoms with Crippen LogP contribution in [0.3, 0.4) is 0 Å². The lowest BCUT2D eigenvalue weighted by atomic mass is 9.89. The van der Waals surface area contributed by atoms with Crippen LogP contribution >= 0.6 is 0 Å². The highest BCUT2D eigenvalue weighted by atomic mass is 19.4. The van der Waals surface area contributed by atoms with E-state index < -0.39 is 11.7 Å². The van der Waals surface area contributed by atoms with Crippen molar-refractivity contribution in [1.82, 2.24) is 9.99 Å². The van der Waals surface area contributed by atoms with Gasteiger partial charge in [-0.1, -0.05) is 19.3 Å². The van der Waals surface area contributed by atoms with Crippen LogP contribution in [-0.2, 0) is 0 Å². The topological polar surface area (TPSA) is 39.3 Å². The van der Waals surface area contributed by atoms with Gasteiger partial charge in [0.2, 0.25) is 5.56 Å². The molecule has 1 aromatic heterocycles. The summed E-state index contributed by atoms with van der Waals surface area (Å²) in [5.74, 6) is 0.406. The van der Waals surface area contributed by atoms with E-state index >= 15 is 0 Å². The van der Waals surface area contributed by atoms with Crippen molar-refractivity contribution < 1.29 is 13.2 Å². The Morgan fingerprint density at radius 1 is 1.25 bits per heavy atom. The van der Waals surface area contributed by atoms with Crippen LogP contribution < -0.4 is 10.6 Å². The fourth-order valence-electron chi connectivity index (χ4n) is 3.74. The van der Waals surface area contributed by atoms with E-state index in [-0.39, 0.29) is 17.8 Å². The van der Waals surface area contributed by atoms with E-state index in [0.717, 1.165) is 25.7 Å². The second-order valence-corrected chi connectivity index (χ2v) is 6.64. The first-order chi connectivity index (χ1) is 11.4. The monoisotopic (exact) mass is 341 g/mol. The fraction of sp³-hybridized carbons (Fsp3) is 0.588. The predicted octanol–water partition coefficient (Wildman–Crippen LogP) is 3.83. The van der Waals surface area contributed by atoms with Crippen molar-refractivity contribution in [2.75, 3.05) is 18.1 Å². The van der Waals surface area contributed by atoms with E-state index in [1.807, 2.05) is 0 Å². The molecule has 3 rings (SSSR count). The first-order valence-corrected chi connectivity index (χ1v) is 8.37. The van der Waals surface area contributed by atoms with Crippen molar-refractivity contribution >= 4 is 5.69 Å². The van der Waals surface area contributed by atoms with Crippen molar-refractivity contribution in [3.05, 3.63) is 40.0 Å². The lowest BCUT2D eigenvalue weighted by Gasteiger charge is -2.35. The SMILES string of the molecule is CC1=C(C(F)(F)F)CN(CC2CCCCC2)N1c1cc[nH]c(=O)c1. The van der Waals surface area contributed by atoms with Gasteiger partial charge in [0.15, 0.2) is 0 Å². The van der Waals surface area contributed by atoms with Crippen LogP contribution in [0, 0.1) is 5.92 Å². The molecule has 1 aliphatic heterocycles. The molecule has 24 heavy (non-hydrogen) atoms. The molecule has 132 valence electrons. The second-order valence-electron chi connectivity index (χ2n) is 6.64. The Kier molecular flexibility index (Phi) is 4.71. The van der Waals surface area contributed by atoms with E-state index in [9.17, 15) is 18.0 Å². The molecule has 1 aliphatic carbocycles. The lowest BCUT2D eigenvalue weighted by molar-refractivity contribution is -0.0941. The van der Waals surface area contributed by atoms with E-state index in [0.29, 0.717) is 18.2 Å². The third-order valence-corrected chi connectivity index (χ3v) is 4.92. The molecule has 0 unspecified atom stereocenters. The molecular weight excluding hydrogens is 319 g/mol. The van der Waals surface area contributed by atoms with Gasteiger partial charge < -0.3 is 4.98 Å². The molecule has 2 aliphatic rings. The number of aromatic nitrogens is 1. The zero-order valence-corrected chi connectivity index (χ0v) is 13.7. The number of anilines is 1. The minimum atomic E-state index is -4.36. The first-order valence-electron chi connectivity index (χ1n) is 8.37. The summed E-state index contributed by atoms with van der Waals surface area (Å²) < 4.78 is 40.1. The normalized spacial score (nSPS) is 20.9. The van der Waals surface area contributed by atoms with Crippen LogP contribution in [0.15, 0.2) is 34.4 Å². The van der Waals surface area contributed by atoms with E-state index in [1.165, 1.54) is 25.6 Å². The summed E-state index contributed by atoms with van der Waals surface area (Å²) >= 11 is 0. The number of nitrogens with one attached hydrogen (secondary N) is 1. The third kappa shape index (κ3) is 3.50. The standard InChI is InChI=1S/C17H22F3N3O/c1-12-15(17(18,19)20)11-22(10-13-5-3-2-4-6-13)23(12)14-7-8-21-16(24)9-14/h7-9,13H,2-6,10-11H2,1H3,(H,21,24). The number of alkyl halides is 3. The van der Waals surface area contributed by atoms with Crippen LogP contribution in [0.4, 0.5) is 18.9 Å². The van der Waals surface area contributed by atoms with Crippen LogP contribution in [0.25, 0.3) is 0 Å². The number of hydrazine groups is 1. The van der Waals surface area contributed by atoms with Crippen molar-refractivity contribution in [2.24, 2.45) is 5.92 Å². The van der Waals surface area contributed by atoms with Crippen molar-refractivity contribution in [3.63, 3.8) is 0 Å². The molecule has 0 radical (unpaired) electrons. The van der Waals surface area contributed by atoms with Crippen LogP contribution in [0.5, 0.6) is 0 Å². The molecule has 1 saturated carbocycles. The Morgan fingerprint density at radius 2 is 1.96 bits per heavy atom.